The Morgan fingerprint density at radius 1 is 0.659 bits per heavy atom. The molecular formula is C33H44N8. The zero-order chi connectivity index (χ0) is 28.5. The van der Waals surface area contributed by atoms with Crippen molar-refractivity contribution in [1.29, 1.82) is 0 Å². The van der Waals surface area contributed by atoms with Crippen LogP contribution in [0.3, 0.4) is 0 Å². The van der Waals surface area contributed by atoms with Gasteiger partial charge in [0.25, 0.3) is 0 Å². The molecule has 2 fully saturated rings. The van der Waals surface area contributed by atoms with E-state index in [0.717, 1.165) is 47.5 Å². The minimum Gasteiger partial charge on any atom is -0.233 e. The number of nitrogens with zero attached hydrogens (tertiary/aromatic N) is 8. The van der Waals surface area contributed by atoms with Gasteiger partial charge in [0.05, 0.1) is 11.4 Å². The zero-order valence-corrected chi connectivity index (χ0v) is 25.2. The zero-order valence-electron chi connectivity index (χ0n) is 25.2. The Labute approximate surface area is 244 Å². The van der Waals surface area contributed by atoms with Gasteiger partial charge in [-0.05, 0) is 74.6 Å². The maximum atomic E-state index is 5.04. The maximum Gasteiger partial charge on any atom is 0.155 e. The van der Waals surface area contributed by atoms with E-state index >= 15 is 0 Å². The average molecular weight is 553 g/mol. The van der Waals surface area contributed by atoms with Crippen LogP contribution in [0, 0.1) is 10.8 Å². The maximum absolute atomic E-state index is 5.04. The van der Waals surface area contributed by atoms with Gasteiger partial charge in [-0.1, -0.05) is 64.5 Å². The Kier molecular flexibility index (Phi) is 7.51. The molecule has 0 unspecified atom stereocenters. The van der Waals surface area contributed by atoms with Crippen molar-refractivity contribution in [1.82, 2.24) is 39.5 Å². The summed E-state index contributed by atoms with van der Waals surface area (Å²) in [5.74, 6) is 3.39. The highest BCUT2D eigenvalue weighted by Gasteiger charge is 2.34. The van der Waals surface area contributed by atoms with Crippen LogP contribution in [0.5, 0.6) is 0 Å². The van der Waals surface area contributed by atoms with Gasteiger partial charge in [0, 0.05) is 18.3 Å². The summed E-state index contributed by atoms with van der Waals surface area (Å²) in [6.07, 6.45) is 18.3. The molecule has 4 heterocycles. The van der Waals surface area contributed by atoms with Crippen molar-refractivity contribution in [3.05, 3.63) is 72.1 Å². The highest BCUT2D eigenvalue weighted by Crippen LogP contribution is 2.44. The van der Waals surface area contributed by atoms with Crippen LogP contribution >= 0.6 is 0 Å². The van der Waals surface area contributed by atoms with Crippen molar-refractivity contribution >= 4 is 0 Å². The molecule has 216 valence electrons. The van der Waals surface area contributed by atoms with Gasteiger partial charge in [0.1, 0.15) is 12.7 Å². The lowest BCUT2D eigenvalue weighted by atomic mass is 9.80. The van der Waals surface area contributed by atoms with Crippen LogP contribution < -0.4 is 0 Å². The van der Waals surface area contributed by atoms with E-state index in [1.807, 2.05) is 46.3 Å². The molecule has 0 spiro atoms. The van der Waals surface area contributed by atoms with Crippen molar-refractivity contribution in [3.8, 4) is 11.6 Å². The van der Waals surface area contributed by atoms with Crippen molar-refractivity contribution in [3.63, 3.8) is 0 Å². The Morgan fingerprint density at radius 2 is 1.07 bits per heavy atom. The molecule has 0 aliphatic heterocycles. The van der Waals surface area contributed by atoms with Crippen molar-refractivity contribution in [2.24, 2.45) is 10.8 Å². The fraction of sp³-hybridized carbons (Fsp3) is 0.576. The lowest BCUT2D eigenvalue weighted by molar-refractivity contribution is 0.276. The molecule has 0 amide bonds. The van der Waals surface area contributed by atoms with Crippen molar-refractivity contribution < 1.29 is 0 Å². The molecule has 4 aromatic heterocycles. The number of rotatable bonds is 10. The van der Waals surface area contributed by atoms with Crippen LogP contribution in [-0.4, -0.2) is 39.5 Å². The summed E-state index contributed by atoms with van der Waals surface area (Å²) in [4.78, 5) is 19.4. The summed E-state index contributed by atoms with van der Waals surface area (Å²) in [6.45, 7) is 8.94. The first kappa shape index (κ1) is 27.7. The second-order valence-electron chi connectivity index (χ2n) is 13.1. The normalized spacial score (nSPS) is 18.2. The third kappa shape index (κ3) is 5.57. The van der Waals surface area contributed by atoms with E-state index in [1.54, 1.807) is 0 Å². The molecule has 6 rings (SSSR count). The minimum atomic E-state index is -0.426. The molecule has 4 aromatic rings. The van der Waals surface area contributed by atoms with Gasteiger partial charge < -0.3 is 0 Å². The van der Waals surface area contributed by atoms with Crippen LogP contribution in [0.25, 0.3) is 11.6 Å². The van der Waals surface area contributed by atoms with E-state index in [0.29, 0.717) is 10.8 Å². The summed E-state index contributed by atoms with van der Waals surface area (Å²) >= 11 is 0. The average Bonchev–Trinajstić information content (AvgIpc) is 3.82. The fourth-order valence-electron chi connectivity index (χ4n) is 7.14. The third-order valence-electron chi connectivity index (χ3n) is 10.2. The van der Waals surface area contributed by atoms with Gasteiger partial charge in [-0.25, -0.2) is 29.3 Å². The smallest absolute Gasteiger partial charge is 0.155 e. The number of hydrogen-bond donors (Lipinski definition) is 0. The van der Waals surface area contributed by atoms with Gasteiger partial charge in [0.15, 0.2) is 23.3 Å². The summed E-state index contributed by atoms with van der Waals surface area (Å²) in [6, 6.07) is 12.2. The molecule has 2 aliphatic carbocycles. The SMILES string of the molecule is CCC1(Cc2ncn(-c3cccc(C(C)(C)c4cccc(-n5cnc(CC6(CC)CCCC6)n5)n4)n3)n2)CCCC1. The standard InChI is InChI=1S/C33H44N8/c1-5-32(17-7-8-18-32)21-27-34-23-40(38-27)29-15-11-13-25(36-29)31(3,4)26-14-12-16-30(37-26)41-24-35-28(39-41)22-33(6-2)19-9-10-20-33/h11-16,23-24H,5-10,17-22H2,1-4H3. The van der Waals surface area contributed by atoms with E-state index < -0.39 is 5.41 Å². The first-order valence-corrected chi connectivity index (χ1v) is 15.6. The van der Waals surface area contributed by atoms with Gasteiger partial charge in [-0.2, -0.15) is 0 Å². The van der Waals surface area contributed by atoms with Crippen molar-refractivity contribution in [2.45, 2.75) is 110 Å². The van der Waals surface area contributed by atoms with Crippen LogP contribution in [0.2, 0.25) is 0 Å². The second kappa shape index (κ2) is 11.1. The molecule has 0 saturated heterocycles. The molecule has 0 radical (unpaired) electrons. The number of aromatic nitrogens is 8. The summed E-state index contributed by atoms with van der Waals surface area (Å²) in [5.41, 5.74) is 2.16. The van der Waals surface area contributed by atoms with Gasteiger partial charge in [-0.15, -0.1) is 10.2 Å². The molecule has 0 bridgehead atoms. The largest absolute Gasteiger partial charge is 0.233 e. The van der Waals surface area contributed by atoms with Crippen LogP contribution in [0.15, 0.2) is 49.1 Å². The topological polar surface area (TPSA) is 87.2 Å². The third-order valence-corrected chi connectivity index (χ3v) is 10.2. The predicted octanol–water partition coefficient (Wildman–Crippen LogP) is 6.99. The van der Waals surface area contributed by atoms with Crippen LogP contribution in [0.4, 0.5) is 0 Å². The first-order valence-electron chi connectivity index (χ1n) is 15.6. The van der Waals surface area contributed by atoms with E-state index in [2.05, 4.69) is 49.8 Å². The Balaban J connectivity index is 1.21. The monoisotopic (exact) mass is 552 g/mol. The molecule has 8 nitrogen and oxygen atoms in total. The lowest BCUT2D eigenvalue weighted by Gasteiger charge is -2.25. The molecule has 2 saturated carbocycles. The summed E-state index contributed by atoms with van der Waals surface area (Å²) < 4.78 is 3.64. The van der Waals surface area contributed by atoms with Gasteiger partial charge >= 0.3 is 0 Å². The van der Waals surface area contributed by atoms with Crippen molar-refractivity contribution in [2.75, 3.05) is 0 Å². The predicted molar refractivity (Wildman–Crippen MR) is 160 cm³/mol. The van der Waals surface area contributed by atoms with Crippen LogP contribution in [-0.2, 0) is 18.3 Å². The molecule has 8 heteroatoms. The van der Waals surface area contributed by atoms with E-state index in [9.17, 15) is 0 Å². The van der Waals surface area contributed by atoms with Gasteiger partial charge in [0.2, 0.25) is 0 Å². The Bertz CT molecular complexity index is 1360. The second-order valence-corrected chi connectivity index (χ2v) is 13.1. The Hall–Kier alpha value is -3.42. The quantitative estimate of drug-likeness (QED) is 0.211. The van der Waals surface area contributed by atoms with E-state index in [-0.39, 0.29) is 0 Å². The fourth-order valence-corrected chi connectivity index (χ4v) is 7.14. The summed E-state index contributed by atoms with van der Waals surface area (Å²) in [5, 5.41) is 9.69. The highest BCUT2D eigenvalue weighted by molar-refractivity contribution is 5.35. The molecule has 41 heavy (non-hydrogen) atoms. The number of hydrogen-bond acceptors (Lipinski definition) is 6. The highest BCUT2D eigenvalue weighted by atomic mass is 15.4. The van der Waals surface area contributed by atoms with Gasteiger partial charge in [-0.3, -0.25) is 0 Å². The van der Waals surface area contributed by atoms with Crippen LogP contribution in [0.1, 0.15) is 115 Å². The first-order chi connectivity index (χ1) is 19.8. The summed E-state index contributed by atoms with van der Waals surface area (Å²) in [7, 11) is 0. The minimum absolute atomic E-state index is 0.360. The molecule has 0 N–H and O–H groups in total. The molecule has 2 aliphatic rings. The van der Waals surface area contributed by atoms with E-state index in [1.165, 1.54) is 64.2 Å². The molecule has 0 atom stereocenters. The molecule has 0 aromatic carbocycles. The number of pyridine rings is 2. The lowest BCUT2D eigenvalue weighted by Crippen LogP contribution is -2.23. The Morgan fingerprint density at radius 3 is 1.46 bits per heavy atom. The molecular weight excluding hydrogens is 508 g/mol. The van der Waals surface area contributed by atoms with E-state index in [4.69, 9.17) is 20.2 Å².